The molecule has 90 valence electrons. The average molecular weight is 221 g/mol. The molecular weight excluding hydrogens is 198 g/mol. The van der Waals surface area contributed by atoms with E-state index in [9.17, 15) is 0 Å². The number of benzene rings is 1. The van der Waals surface area contributed by atoms with E-state index in [2.05, 4.69) is 50.4 Å². The zero-order valence-corrected chi connectivity index (χ0v) is 10.8. The first kappa shape index (κ1) is 13.2. The van der Waals surface area contributed by atoms with E-state index < -0.39 is 0 Å². The second-order valence-electron chi connectivity index (χ2n) is 4.46. The third kappa shape index (κ3) is 4.33. The molecule has 0 aromatic heterocycles. The Kier molecular flexibility index (Phi) is 5.50. The van der Waals surface area contributed by atoms with Crippen molar-refractivity contribution in [2.45, 2.75) is 39.3 Å². The van der Waals surface area contributed by atoms with Crippen LogP contribution < -0.4 is 5.32 Å². The van der Waals surface area contributed by atoms with Gasteiger partial charge < -0.3 is 10.1 Å². The summed E-state index contributed by atoms with van der Waals surface area (Å²) in [6.07, 6.45) is 1.33. The minimum atomic E-state index is 0.315. The fourth-order valence-corrected chi connectivity index (χ4v) is 1.70. The van der Waals surface area contributed by atoms with Crippen molar-refractivity contribution >= 4 is 0 Å². The van der Waals surface area contributed by atoms with E-state index in [1.807, 2.05) is 7.05 Å². The lowest BCUT2D eigenvalue weighted by Crippen LogP contribution is -2.19. The topological polar surface area (TPSA) is 21.3 Å². The van der Waals surface area contributed by atoms with Gasteiger partial charge in [-0.05, 0) is 39.8 Å². The fourth-order valence-electron chi connectivity index (χ4n) is 1.70. The maximum Gasteiger partial charge on any atom is 0.0518 e. The molecule has 0 amide bonds. The summed E-state index contributed by atoms with van der Waals surface area (Å²) < 4.78 is 5.58. The van der Waals surface area contributed by atoms with Crippen molar-refractivity contribution < 1.29 is 4.74 Å². The van der Waals surface area contributed by atoms with E-state index in [-0.39, 0.29) is 0 Å². The molecule has 1 rings (SSSR count). The van der Waals surface area contributed by atoms with Gasteiger partial charge >= 0.3 is 0 Å². The molecule has 0 bridgehead atoms. The summed E-state index contributed by atoms with van der Waals surface area (Å²) in [5, 5.41) is 3.33. The molecule has 0 saturated carbocycles. The lowest BCUT2D eigenvalue weighted by molar-refractivity contribution is 0.0719. The Morgan fingerprint density at radius 3 is 2.31 bits per heavy atom. The first-order chi connectivity index (χ1) is 7.63. The van der Waals surface area contributed by atoms with Crippen LogP contribution >= 0.6 is 0 Å². The molecule has 2 heteroatoms. The van der Waals surface area contributed by atoms with Crippen LogP contribution in [0, 0.1) is 6.92 Å². The van der Waals surface area contributed by atoms with Gasteiger partial charge in [0.05, 0.1) is 6.10 Å². The van der Waals surface area contributed by atoms with E-state index in [4.69, 9.17) is 4.74 Å². The van der Waals surface area contributed by atoms with Crippen LogP contribution in [0.3, 0.4) is 0 Å². The molecule has 0 saturated heterocycles. The minimum absolute atomic E-state index is 0.315. The van der Waals surface area contributed by atoms with Crippen LogP contribution in [-0.2, 0) is 4.74 Å². The molecule has 1 aromatic rings. The molecule has 0 aliphatic carbocycles. The molecule has 16 heavy (non-hydrogen) atoms. The Morgan fingerprint density at radius 1 is 1.19 bits per heavy atom. The van der Waals surface area contributed by atoms with E-state index >= 15 is 0 Å². The quantitative estimate of drug-likeness (QED) is 0.797. The van der Waals surface area contributed by atoms with Gasteiger partial charge in [0.1, 0.15) is 0 Å². The third-order valence-corrected chi connectivity index (χ3v) is 2.69. The molecule has 0 fully saturated rings. The molecule has 1 unspecified atom stereocenters. The van der Waals surface area contributed by atoms with E-state index in [1.54, 1.807) is 0 Å². The van der Waals surface area contributed by atoms with Crippen LogP contribution in [0.1, 0.15) is 37.4 Å². The summed E-state index contributed by atoms with van der Waals surface area (Å²) in [5.41, 5.74) is 2.64. The van der Waals surface area contributed by atoms with Crippen LogP contribution in [0.25, 0.3) is 0 Å². The average Bonchev–Trinajstić information content (AvgIpc) is 2.26. The molecule has 1 atom stereocenters. The highest BCUT2D eigenvalue weighted by Gasteiger charge is 2.08. The Morgan fingerprint density at radius 2 is 1.81 bits per heavy atom. The van der Waals surface area contributed by atoms with Crippen LogP contribution in [0.4, 0.5) is 0 Å². The predicted octanol–water partition coefficient (Wildman–Crippen LogP) is 3.07. The number of ether oxygens (including phenoxy) is 1. The Balaban J connectivity index is 2.50. The first-order valence-corrected chi connectivity index (χ1v) is 5.99. The van der Waals surface area contributed by atoms with Crippen LogP contribution in [0.15, 0.2) is 24.3 Å². The van der Waals surface area contributed by atoms with Crippen molar-refractivity contribution in [2.75, 3.05) is 13.7 Å². The number of hydrogen-bond acceptors (Lipinski definition) is 2. The van der Waals surface area contributed by atoms with Gasteiger partial charge in [-0.3, -0.25) is 0 Å². The maximum absolute atomic E-state index is 5.58. The number of aryl methyl sites for hydroxylation is 1. The molecule has 0 heterocycles. The summed E-state index contributed by atoms with van der Waals surface area (Å²) in [4.78, 5) is 0. The summed E-state index contributed by atoms with van der Waals surface area (Å²) in [5.74, 6) is 0. The Labute approximate surface area is 99.0 Å². The van der Waals surface area contributed by atoms with Gasteiger partial charge in [0.2, 0.25) is 0 Å². The van der Waals surface area contributed by atoms with Gasteiger partial charge in [-0.2, -0.15) is 0 Å². The monoisotopic (exact) mass is 221 g/mol. The number of hydrogen-bond donors (Lipinski definition) is 1. The molecule has 0 aliphatic heterocycles. The molecule has 1 N–H and O–H groups in total. The minimum Gasteiger partial charge on any atom is -0.379 e. The zero-order chi connectivity index (χ0) is 12.0. The fraction of sp³-hybridized carbons (Fsp3) is 0.571. The van der Waals surface area contributed by atoms with Crippen molar-refractivity contribution in [3.8, 4) is 0 Å². The van der Waals surface area contributed by atoms with E-state index in [0.29, 0.717) is 12.1 Å². The van der Waals surface area contributed by atoms with Crippen LogP contribution in [-0.4, -0.2) is 19.8 Å². The van der Waals surface area contributed by atoms with Crippen molar-refractivity contribution in [3.05, 3.63) is 35.4 Å². The smallest absolute Gasteiger partial charge is 0.0518 e. The van der Waals surface area contributed by atoms with Crippen molar-refractivity contribution in [1.82, 2.24) is 5.32 Å². The van der Waals surface area contributed by atoms with Gasteiger partial charge in [0.15, 0.2) is 0 Å². The summed E-state index contributed by atoms with van der Waals surface area (Å²) in [7, 11) is 2.00. The molecule has 0 radical (unpaired) electrons. The summed E-state index contributed by atoms with van der Waals surface area (Å²) >= 11 is 0. The predicted molar refractivity (Wildman–Crippen MR) is 68.7 cm³/mol. The normalized spacial score (nSPS) is 13.1. The lowest BCUT2D eigenvalue weighted by Gasteiger charge is -2.17. The molecule has 0 aliphatic rings. The van der Waals surface area contributed by atoms with Gasteiger partial charge in [-0.15, -0.1) is 0 Å². The van der Waals surface area contributed by atoms with Gasteiger partial charge in [0, 0.05) is 12.6 Å². The molecule has 1 aromatic carbocycles. The standard InChI is InChI=1S/C14H23NO/c1-11(2)16-10-9-14(15-4)13-7-5-12(3)6-8-13/h5-8,11,14-15H,9-10H2,1-4H3. The van der Waals surface area contributed by atoms with Gasteiger partial charge in [-0.25, -0.2) is 0 Å². The van der Waals surface area contributed by atoms with E-state index in [1.165, 1.54) is 11.1 Å². The van der Waals surface area contributed by atoms with Crippen LogP contribution in [0.5, 0.6) is 0 Å². The van der Waals surface area contributed by atoms with Crippen molar-refractivity contribution in [3.63, 3.8) is 0 Å². The molecule has 0 spiro atoms. The molecule has 2 nitrogen and oxygen atoms in total. The number of rotatable bonds is 6. The number of nitrogens with one attached hydrogen (secondary N) is 1. The summed E-state index contributed by atoms with van der Waals surface area (Å²) in [6.45, 7) is 7.05. The van der Waals surface area contributed by atoms with E-state index in [0.717, 1.165) is 13.0 Å². The van der Waals surface area contributed by atoms with Gasteiger partial charge in [0.25, 0.3) is 0 Å². The third-order valence-electron chi connectivity index (χ3n) is 2.69. The largest absolute Gasteiger partial charge is 0.379 e. The maximum atomic E-state index is 5.58. The van der Waals surface area contributed by atoms with Crippen LogP contribution in [0.2, 0.25) is 0 Å². The second kappa shape index (κ2) is 6.66. The highest BCUT2D eigenvalue weighted by molar-refractivity contribution is 5.24. The second-order valence-corrected chi connectivity index (χ2v) is 4.46. The lowest BCUT2D eigenvalue weighted by atomic mass is 10.0. The zero-order valence-electron chi connectivity index (χ0n) is 10.8. The van der Waals surface area contributed by atoms with Crippen molar-refractivity contribution in [1.29, 1.82) is 0 Å². The Bertz CT molecular complexity index is 292. The first-order valence-electron chi connectivity index (χ1n) is 5.99. The summed E-state index contributed by atoms with van der Waals surface area (Å²) in [6, 6.07) is 9.07. The van der Waals surface area contributed by atoms with Gasteiger partial charge in [-0.1, -0.05) is 29.8 Å². The SMILES string of the molecule is CNC(CCOC(C)C)c1ccc(C)cc1. The highest BCUT2D eigenvalue weighted by Crippen LogP contribution is 2.17. The highest BCUT2D eigenvalue weighted by atomic mass is 16.5. The van der Waals surface area contributed by atoms with Crippen molar-refractivity contribution in [2.24, 2.45) is 0 Å². The molecular formula is C14H23NO. The Hall–Kier alpha value is -0.860.